The predicted molar refractivity (Wildman–Crippen MR) is 51.1 cm³/mol. The molecule has 0 saturated heterocycles. The van der Waals surface area contributed by atoms with E-state index in [1.165, 1.54) is 19.3 Å². The van der Waals surface area contributed by atoms with Gasteiger partial charge in [-0.25, -0.2) is 0 Å². The lowest BCUT2D eigenvalue weighted by atomic mass is 9.92. The second-order valence-corrected chi connectivity index (χ2v) is 3.99. The Morgan fingerprint density at radius 1 is 1.50 bits per heavy atom. The summed E-state index contributed by atoms with van der Waals surface area (Å²) in [6, 6.07) is 0.698. The summed E-state index contributed by atoms with van der Waals surface area (Å²) in [7, 11) is 0. The minimum atomic E-state index is -0.157. The largest absolute Gasteiger partial charge is 0.392 e. The fourth-order valence-electron chi connectivity index (χ4n) is 1.37. The van der Waals surface area contributed by atoms with E-state index < -0.39 is 0 Å². The summed E-state index contributed by atoms with van der Waals surface area (Å²) in [6.45, 7) is 5.00. The predicted octanol–water partition coefficient (Wildman–Crippen LogP) is 1.54. The topological polar surface area (TPSA) is 32.3 Å². The second kappa shape index (κ2) is 4.83. The summed E-state index contributed by atoms with van der Waals surface area (Å²) in [6.07, 6.45) is 4.86. The van der Waals surface area contributed by atoms with Gasteiger partial charge in [-0.1, -0.05) is 26.7 Å². The molecule has 72 valence electrons. The maximum atomic E-state index is 9.62. The van der Waals surface area contributed by atoms with Gasteiger partial charge in [0.2, 0.25) is 0 Å². The lowest BCUT2D eigenvalue weighted by molar-refractivity contribution is 0.105. The van der Waals surface area contributed by atoms with Crippen LogP contribution in [0.2, 0.25) is 0 Å². The maximum absolute atomic E-state index is 9.62. The molecule has 2 heteroatoms. The van der Waals surface area contributed by atoms with E-state index in [1.807, 2.05) is 0 Å². The van der Waals surface area contributed by atoms with E-state index >= 15 is 0 Å². The van der Waals surface area contributed by atoms with Crippen LogP contribution in [0.25, 0.3) is 0 Å². The maximum Gasteiger partial charge on any atom is 0.0690 e. The van der Waals surface area contributed by atoms with Crippen molar-refractivity contribution in [2.75, 3.05) is 6.54 Å². The first-order valence-electron chi connectivity index (χ1n) is 5.15. The summed E-state index contributed by atoms with van der Waals surface area (Å²) < 4.78 is 0. The van der Waals surface area contributed by atoms with Crippen LogP contribution >= 0.6 is 0 Å². The highest BCUT2D eigenvalue weighted by molar-refractivity contribution is 4.78. The van der Waals surface area contributed by atoms with Crippen molar-refractivity contribution >= 4 is 0 Å². The highest BCUT2D eigenvalue weighted by Gasteiger charge is 2.19. The fraction of sp³-hybridized carbons (Fsp3) is 1.00. The molecule has 2 nitrogen and oxygen atoms in total. The minimum absolute atomic E-state index is 0.157. The van der Waals surface area contributed by atoms with Crippen LogP contribution in [0.15, 0.2) is 0 Å². The molecule has 0 aromatic heterocycles. The van der Waals surface area contributed by atoms with Crippen LogP contribution in [-0.2, 0) is 0 Å². The molecule has 0 bridgehead atoms. The van der Waals surface area contributed by atoms with Gasteiger partial charge in [-0.05, 0) is 18.8 Å². The van der Waals surface area contributed by atoms with Crippen LogP contribution in [0.5, 0.6) is 0 Å². The number of aliphatic hydroxyl groups is 1. The van der Waals surface area contributed by atoms with Crippen molar-refractivity contribution < 1.29 is 5.11 Å². The molecule has 2 N–H and O–H groups in total. The molecule has 2 atom stereocenters. The zero-order valence-corrected chi connectivity index (χ0v) is 8.21. The van der Waals surface area contributed by atoms with Gasteiger partial charge in [0.25, 0.3) is 0 Å². The average molecular weight is 171 g/mol. The third kappa shape index (κ3) is 2.76. The third-order valence-corrected chi connectivity index (χ3v) is 3.02. The molecule has 0 radical (unpaired) electrons. The van der Waals surface area contributed by atoms with Gasteiger partial charge in [-0.3, -0.25) is 0 Å². The van der Waals surface area contributed by atoms with Crippen LogP contribution in [0.4, 0.5) is 0 Å². The minimum Gasteiger partial charge on any atom is -0.392 e. The number of nitrogens with one attached hydrogen (secondary N) is 1. The third-order valence-electron chi connectivity index (χ3n) is 3.02. The quantitative estimate of drug-likeness (QED) is 0.657. The lowest BCUT2D eigenvalue weighted by Crippen LogP contribution is -2.41. The number of hydrogen-bond acceptors (Lipinski definition) is 2. The van der Waals surface area contributed by atoms with Crippen molar-refractivity contribution in [3.05, 3.63) is 0 Å². The van der Waals surface area contributed by atoms with Gasteiger partial charge in [0.05, 0.1) is 6.10 Å². The molecule has 12 heavy (non-hydrogen) atoms. The zero-order valence-electron chi connectivity index (χ0n) is 8.21. The van der Waals surface area contributed by atoms with E-state index in [-0.39, 0.29) is 6.10 Å². The summed E-state index contributed by atoms with van der Waals surface area (Å²) >= 11 is 0. The first-order valence-corrected chi connectivity index (χ1v) is 5.15. The van der Waals surface area contributed by atoms with Crippen molar-refractivity contribution in [1.29, 1.82) is 0 Å². The van der Waals surface area contributed by atoms with Crippen molar-refractivity contribution in [3.63, 3.8) is 0 Å². The Balaban J connectivity index is 2.04. The van der Waals surface area contributed by atoms with Crippen LogP contribution in [0.3, 0.4) is 0 Å². The molecule has 1 saturated carbocycles. The number of hydrogen-bond donors (Lipinski definition) is 2. The van der Waals surface area contributed by atoms with E-state index in [0.29, 0.717) is 12.0 Å². The van der Waals surface area contributed by atoms with Crippen molar-refractivity contribution in [3.8, 4) is 0 Å². The molecule has 1 rings (SSSR count). The molecular weight excluding hydrogens is 150 g/mol. The van der Waals surface area contributed by atoms with Crippen LogP contribution < -0.4 is 5.32 Å². The first kappa shape index (κ1) is 10.0. The summed E-state index contributed by atoms with van der Waals surface area (Å²) in [4.78, 5) is 0. The van der Waals surface area contributed by atoms with E-state index in [4.69, 9.17) is 0 Å². The Morgan fingerprint density at radius 2 is 2.17 bits per heavy atom. The fourth-order valence-corrected chi connectivity index (χ4v) is 1.37. The molecule has 0 aliphatic heterocycles. The normalized spacial score (nSPS) is 23.2. The Bertz CT molecular complexity index is 123. The second-order valence-electron chi connectivity index (χ2n) is 3.99. The number of rotatable bonds is 5. The van der Waals surface area contributed by atoms with Gasteiger partial charge < -0.3 is 10.4 Å². The van der Waals surface area contributed by atoms with E-state index in [0.717, 1.165) is 13.0 Å². The average Bonchev–Trinajstić information content (AvgIpc) is 2.00. The van der Waals surface area contributed by atoms with Gasteiger partial charge in [0.15, 0.2) is 0 Å². The summed E-state index contributed by atoms with van der Waals surface area (Å²) in [5.41, 5.74) is 0. The Labute approximate surface area is 75.4 Å². The van der Waals surface area contributed by atoms with Crippen molar-refractivity contribution in [1.82, 2.24) is 5.32 Å². The molecule has 1 aliphatic rings. The highest BCUT2D eigenvalue weighted by atomic mass is 16.3. The van der Waals surface area contributed by atoms with Crippen molar-refractivity contribution in [2.24, 2.45) is 5.92 Å². The first-order chi connectivity index (χ1) is 5.74. The molecule has 0 aromatic rings. The Hall–Kier alpha value is -0.0800. The zero-order chi connectivity index (χ0) is 8.97. The standard InChI is InChI=1S/C10H21NO/c1-3-8(2)10(12)7-11-9-5-4-6-9/h8-12H,3-7H2,1-2H3. The lowest BCUT2D eigenvalue weighted by Gasteiger charge is -2.28. The monoisotopic (exact) mass is 171 g/mol. The molecule has 0 heterocycles. The van der Waals surface area contributed by atoms with Crippen LogP contribution in [0.1, 0.15) is 39.5 Å². The molecule has 1 fully saturated rings. The van der Waals surface area contributed by atoms with E-state index in [2.05, 4.69) is 19.2 Å². The Kier molecular flexibility index (Phi) is 4.02. The van der Waals surface area contributed by atoms with Crippen molar-refractivity contribution in [2.45, 2.75) is 51.7 Å². The van der Waals surface area contributed by atoms with Crippen LogP contribution in [-0.4, -0.2) is 23.8 Å². The smallest absolute Gasteiger partial charge is 0.0690 e. The molecule has 1 aliphatic carbocycles. The SMILES string of the molecule is CCC(C)C(O)CNC1CCC1. The summed E-state index contributed by atoms with van der Waals surface area (Å²) in [5.74, 6) is 0.428. The number of aliphatic hydroxyl groups excluding tert-OH is 1. The van der Waals surface area contributed by atoms with Gasteiger partial charge in [0, 0.05) is 12.6 Å². The van der Waals surface area contributed by atoms with Crippen LogP contribution in [0, 0.1) is 5.92 Å². The molecule has 0 amide bonds. The highest BCUT2D eigenvalue weighted by Crippen LogP contribution is 2.18. The molecule has 2 unspecified atom stereocenters. The Morgan fingerprint density at radius 3 is 2.58 bits per heavy atom. The molecule has 0 aromatic carbocycles. The van der Waals surface area contributed by atoms with Gasteiger partial charge in [-0.2, -0.15) is 0 Å². The van der Waals surface area contributed by atoms with E-state index in [9.17, 15) is 5.11 Å². The van der Waals surface area contributed by atoms with Gasteiger partial charge in [-0.15, -0.1) is 0 Å². The molecular formula is C10H21NO. The summed E-state index contributed by atoms with van der Waals surface area (Å²) in [5, 5.41) is 13.0. The van der Waals surface area contributed by atoms with Gasteiger partial charge >= 0.3 is 0 Å². The molecule has 0 spiro atoms. The van der Waals surface area contributed by atoms with Gasteiger partial charge in [0.1, 0.15) is 0 Å². The van der Waals surface area contributed by atoms with E-state index in [1.54, 1.807) is 0 Å².